The minimum Gasteiger partial charge on any atom is -0.326 e. The van der Waals surface area contributed by atoms with Crippen molar-refractivity contribution in [2.24, 2.45) is 5.92 Å². The zero-order valence-corrected chi connectivity index (χ0v) is 12.0. The third kappa shape index (κ3) is 5.37. The van der Waals surface area contributed by atoms with E-state index in [1.165, 1.54) is 31.2 Å². The molecule has 0 fully saturated rings. The summed E-state index contributed by atoms with van der Waals surface area (Å²) >= 11 is 0. The molecule has 1 rings (SSSR count). The van der Waals surface area contributed by atoms with E-state index in [0.29, 0.717) is 12.3 Å². The average molecular weight is 286 g/mol. The van der Waals surface area contributed by atoms with Gasteiger partial charge in [0.25, 0.3) is 10.0 Å². The molecule has 0 saturated carbocycles. The van der Waals surface area contributed by atoms with Gasteiger partial charge in [-0.05, 0) is 30.2 Å². The molecule has 106 valence electrons. The van der Waals surface area contributed by atoms with E-state index < -0.39 is 10.0 Å². The first-order valence-electron chi connectivity index (χ1n) is 5.82. The Hall–Kier alpha value is -1.44. The van der Waals surface area contributed by atoms with Gasteiger partial charge in [-0.15, -0.1) is 0 Å². The van der Waals surface area contributed by atoms with Gasteiger partial charge in [-0.25, -0.2) is 8.42 Å². The van der Waals surface area contributed by atoms with Crippen LogP contribution in [0.25, 0.3) is 0 Å². The minimum atomic E-state index is -3.69. The summed E-state index contributed by atoms with van der Waals surface area (Å²) in [6.07, 6.45) is 0. The number of amides is 1. The number of benzene rings is 1. The second-order valence-electron chi connectivity index (χ2n) is 4.50. The fourth-order valence-corrected chi connectivity index (χ4v) is 2.06. The van der Waals surface area contributed by atoms with Crippen molar-refractivity contribution in [3.63, 3.8) is 0 Å². The molecule has 0 heterocycles. The molecule has 0 bridgehead atoms. The van der Waals surface area contributed by atoms with E-state index in [9.17, 15) is 13.2 Å². The van der Waals surface area contributed by atoms with Gasteiger partial charge in [0.2, 0.25) is 5.91 Å². The van der Waals surface area contributed by atoms with Crippen LogP contribution < -0.4 is 10.2 Å². The van der Waals surface area contributed by atoms with Crippen LogP contribution in [0.4, 0.5) is 5.69 Å². The SMILES string of the molecule is CC(=O)Nc1ccc(S(=O)(=O)NOCC(C)C)cc1. The van der Waals surface area contributed by atoms with Gasteiger partial charge >= 0.3 is 0 Å². The van der Waals surface area contributed by atoms with Gasteiger partial charge < -0.3 is 5.32 Å². The van der Waals surface area contributed by atoms with Crippen LogP contribution in [0, 0.1) is 5.92 Å². The molecule has 0 aromatic heterocycles. The summed E-state index contributed by atoms with van der Waals surface area (Å²) in [5, 5.41) is 2.56. The van der Waals surface area contributed by atoms with Crippen LogP contribution >= 0.6 is 0 Å². The van der Waals surface area contributed by atoms with E-state index in [0.717, 1.165) is 0 Å². The monoisotopic (exact) mass is 286 g/mol. The van der Waals surface area contributed by atoms with Crippen molar-refractivity contribution in [3.05, 3.63) is 24.3 Å². The second kappa shape index (κ2) is 6.65. The van der Waals surface area contributed by atoms with Crippen LogP contribution in [0.2, 0.25) is 0 Å². The lowest BCUT2D eigenvalue weighted by atomic mass is 10.2. The van der Waals surface area contributed by atoms with Gasteiger partial charge in [0, 0.05) is 12.6 Å². The Labute approximate surface area is 113 Å². The van der Waals surface area contributed by atoms with Gasteiger partial charge in [-0.1, -0.05) is 18.7 Å². The normalized spacial score (nSPS) is 11.6. The standard InChI is InChI=1S/C12H18N2O4S/c1-9(2)8-18-14-19(16,17)12-6-4-11(5-7-12)13-10(3)15/h4-7,9,14H,8H2,1-3H3,(H,13,15). The van der Waals surface area contributed by atoms with E-state index in [4.69, 9.17) is 4.84 Å². The lowest BCUT2D eigenvalue weighted by molar-refractivity contribution is -0.114. The Morgan fingerprint density at radius 1 is 1.26 bits per heavy atom. The van der Waals surface area contributed by atoms with Gasteiger partial charge in [0.05, 0.1) is 11.5 Å². The average Bonchev–Trinajstić information content (AvgIpc) is 2.28. The predicted molar refractivity (Wildman–Crippen MR) is 71.9 cm³/mol. The first kappa shape index (κ1) is 15.6. The number of anilines is 1. The molecule has 0 unspecified atom stereocenters. The summed E-state index contributed by atoms with van der Waals surface area (Å²) in [4.78, 5) is 17.9. The first-order valence-corrected chi connectivity index (χ1v) is 7.31. The molecule has 0 saturated heterocycles. The number of hydrogen-bond donors (Lipinski definition) is 2. The molecule has 6 nitrogen and oxygen atoms in total. The van der Waals surface area contributed by atoms with Crippen LogP contribution in [-0.2, 0) is 19.7 Å². The van der Waals surface area contributed by atoms with E-state index in [1.807, 2.05) is 13.8 Å². The maximum Gasteiger partial charge on any atom is 0.262 e. The molecule has 7 heteroatoms. The van der Waals surface area contributed by atoms with Crippen LogP contribution in [-0.4, -0.2) is 20.9 Å². The van der Waals surface area contributed by atoms with Crippen molar-refractivity contribution in [2.75, 3.05) is 11.9 Å². The van der Waals surface area contributed by atoms with Crippen LogP contribution in [0.5, 0.6) is 0 Å². The maximum atomic E-state index is 11.8. The van der Waals surface area contributed by atoms with Crippen molar-refractivity contribution < 1.29 is 18.0 Å². The molecule has 1 aromatic rings. The van der Waals surface area contributed by atoms with Crippen molar-refractivity contribution in [1.82, 2.24) is 4.89 Å². The molecular formula is C12H18N2O4S. The van der Waals surface area contributed by atoms with E-state index >= 15 is 0 Å². The quantitative estimate of drug-likeness (QED) is 0.776. The van der Waals surface area contributed by atoms with Crippen molar-refractivity contribution in [3.8, 4) is 0 Å². The molecule has 0 aliphatic carbocycles. The Bertz CT molecular complexity index is 523. The highest BCUT2D eigenvalue weighted by Crippen LogP contribution is 2.13. The van der Waals surface area contributed by atoms with Crippen LogP contribution in [0.15, 0.2) is 29.2 Å². The van der Waals surface area contributed by atoms with Gasteiger partial charge in [0.15, 0.2) is 0 Å². The fourth-order valence-electron chi connectivity index (χ4n) is 1.25. The Kier molecular flexibility index (Phi) is 5.46. The summed E-state index contributed by atoms with van der Waals surface area (Å²) in [6.45, 7) is 5.50. The van der Waals surface area contributed by atoms with Crippen LogP contribution in [0.3, 0.4) is 0 Å². The maximum absolute atomic E-state index is 11.8. The molecular weight excluding hydrogens is 268 g/mol. The third-order valence-electron chi connectivity index (χ3n) is 2.07. The zero-order chi connectivity index (χ0) is 14.5. The minimum absolute atomic E-state index is 0.0744. The third-order valence-corrected chi connectivity index (χ3v) is 3.30. The second-order valence-corrected chi connectivity index (χ2v) is 6.14. The molecule has 0 aliphatic heterocycles. The van der Waals surface area contributed by atoms with E-state index in [-0.39, 0.29) is 16.7 Å². The van der Waals surface area contributed by atoms with Gasteiger partial charge in [0.1, 0.15) is 0 Å². The molecule has 0 aliphatic rings. The smallest absolute Gasteiger partial charge is 0.262 e. The summed E-state index contributed by atoms with van der Waals surface area (Å²) in [5.41, 5.74) is 0.537. The molecule has 2 N–H and O–H groups in total. The molecule has 19 heavy (non-hydrogen) atoms. The Morgan fingerprint density at radius 3 is 2.32 bits per heavy atom. The first-order chi connectivity index (χ1) is 8.81. The summed E-state index contributed by atoms with van der Waals surface area (Å²) in [5.74, 6) is 0.0128. The molecule has 1 aromatic carbocycles. The highest BCUT2D eigenvalue weighted by molar-refractivity contribution is 7.89. The number of nitrogens with one attached hydrogen (secondary N) is 2. The van der Waals surface area contributed by atoms with Crippen LogP contribution in [0.1, 0.15) is 20.8 Å². The van der Waals surface area contributed by atoms with E-state index in [1.54, 1.807) is 0 Å². The summed E-state index contributed by atoms with van der Waals surface area (Å²) < 4.78 is 23.6. The van der Waals surface area contributed by atoms with Gasteiger partial charge in [-0.2, -0.15) is 0 Å². The number of carbonyl (C=O) groups is 1. The molecule has 0 spiro atoms. The Morgan fingerprint density at radius 2 is 1.84 bits per heavy atom. The predicted octanol–water partition coefficient (Wildman–Crippen LogP) is 1.51. The molecule has 1 amide bonds. The summed E-state index contributed by atoms with van der Waals surface area (Å²) in [6, 6.07) is 5.81. The van der Waals surface area contributed by atoms with Crippen molar-refractivity contribution >= 4 is 21.6 Å². The number of hydrogen-bond acceptors (Lipinski definition) is 4. The summed E-state index contributed by atoms with van der Waals surface area (Å²) in [7, 11) is -3.69. The Balaban J connectivity index is 2.70. The van der Waals surface area contributed by atoms with E-state index in [2.05, 4.69) is 10.2 Å². The largest absolute Gasteiger partial charge is 0.326 e. The lowest BCUT2D eigenvalue weighted by Gasteiger charge is -2.09. The fraction of sp³-hybridized carbons (Fsp3) is 0.417. The topological polar surface area (TPSA) is 84.5 Å². The zero-order valence-electron chi connectivity index (χ0n) is 11.1. The number of carbonyl (C=O) groups excluding carboxylic acids is 1. The van der Waals surface area contributed by atoms with Gasteiger partial charge in [-0.3, -0.25) is 9.63 Å². The highest BCUT2D eigenvalue weighted by atomic mass is 32.2. The number of sulfonamides is 1. The van der Waals surface area contributed by atoms with Crippen molar-refractivity contribution in [1.29, 1.82) is 0 Å². The highest BCUT2D eigenvalue weighted by Gasteiger charge is 2.14. The number of rotatable bonds is 6. The molecule has 0 radical (unpaired) electrons. The lowest BCUT2D eigenvalue weighted by Crippen LogP contribution is -2.25. The molecule has 0 atom stereocenters. The van der Waals surface area contributed by atoms with Crippen molar-refractivity contribution in [2.45, 2.75) is 25.7 Å².